The lowest BCUT2D eigenvalue weighted by atomic mass is 9.87. The minimum Gasteiger partial charge on any atom is -0.380 e. The third-order valence-electron chi connectivity index (χ3n) is 4.97. The molecule has 1 amide bonds. The van der Waals surface area contributed by atoms with E-state index in [0.717, 1.165) is 15.0 Å². The van der Waals surface area contributed by atoms with Gasteiger partial charge < -0.3 is 9.30 Å². The Labute approximate surface area is 176 Å². The molecule has 0 unspecified atom stereocenters. The van der Waals surface area contributed by atoms with Gasteiger partial charge in [0.2, 0.25) is 0 Å². The van der Waals surface area contributed by atoms with E-state index < -0.39 is 0 Å². The lowest BCUT2D eigenvalue weighted by Gasteiger charge is -2.18. The molecule has 2 aromatic carbocycles. The van der Waals surface area contributed by atoms with Crippen molar-refractivity contribution < 1.29 is 9.53 Å². The number of benzene rings is 2. The molecule has 0 aliphatic heterocycles. The smallest absolute Gasteiger partial charge is 0.279 e. The Hall–Kier alpha value is -2.24. The van der Waals surface area contributed by atoms with Gasteiger partial charge in [0.25, 0.3) is 5.91 Å². The van der Waals surface area contributed by atoms with Crippen molar-refractivity contribution in [1.82, 2.24) is 4.57 Å². The van der Waals surface area contributed by atoms with E-state index in [1.54, 1.807) is 11.3 Å². The number of fused-ring (bicyclic) bond motifs is 1. The topological polar surface area (TPSA) is 43.6 Å². The maximum atomic E-state index is 12.9. The predicted molar refractivity (Wildman–Crippen MR) is 121 cm³/mol. The summed E-state index contributed by atoms with van der Waals surface area (Å²) in [5, 5.41) is 0. The number of rotatable bonds is 5. The summed E-state index contributed by atoms with van der Waals surface area (Å²) >= 11 is 1.56. The van der Waals surface area contributed by atoms with Gasteiger partial charge in [0.15, 0.2) is 4.80 Å². The molecule has 29 heavy (non-hydrogen) atoms. The van der Waals surface area contributed by atoms with Crippen LogP contribution >= 0.6 is 11.3 Å². The number of thiazole rings is 1. The summed E-state index contributed by atoms with van der Waals surface area (Å²) in [6.45, 7) is 14.6. The van der Waals surface area contributed by atoms with Gasteiger partial charge in [0, 0.05) is 18.7 Å². The van der Waals surface area contributed by atoms with Crippen LogP contribution in [-0.4, -0.2) is 23.7 Å². The van der Waals surface area contributed by atoms with Crippen molar-refractivity contribution in [1.29, 1.82) is 0 Å². The van der Waals surface area contributed by atoms with Gasteiger partial charge in [-0.3, -0.25) is 4.79 Å². The Morgan fingerprint density at radius 2 is 1.83 bits per heavy atom. The Morgan fingerprint density at radius 3 is 2.45 bits per heavy atom. The van der Waals surface area contributed by atoms with E-state index in [1.807, 2.05) is 31.2 Å². The van der Waals surface area contributed by atoms with Gasteiger partial charge in [-0.15, -0.1) is 0 Å². The molecule has 0 saturated heterocycles. The Morgan fingerprint density at radius 1 is 1.14 bits per heavy atom. The standard InChI is InChI=1S/C24H30N2O2S/c1-7-28-13-12-26-21-17(3)14-16(2)15-20(21)29-23(26)25-22(27)18-8-10-19(11-9-18)24(4,5)6/h8-11,14-15H,7,12-13H2,1-6H3. The number of ether oxygens (including phenoxy) is 1. The average molecular weight is 411 g/mol. The lowest BCUT2D eigenvalue weighted by Crippen LogP contribution is -2.20. The molecule has 4 nitrogen and oxygen atoms in total. The highest BCUT2D eigenvalue weighted by atomic mass is 32.1. The number of amides is 1. The van der Waals surface area contributed by atoms with Crippen molar-refractivity contribution in [2.24, 2.45) is 4.99 Å². The molecule has 0 N–H and O–H groups in total. The molecule has 154 valence electrons. The molecular formula is C24H30N2O2S. The van der Waals surface area contributed by atoms with Crippen molar-refractivity contribution in [2.45, 2.75) is 53.5 Å². The van der Waals surface area contributed by atoms with E-state index in [0.29, 0.717) is 25.3 Å². The third-order valence-corrected chi connectivity index (χ3v) is 6.00. The SMILES string of the molecule is CCOCCn1c(=NC(=O)c2ccc(C(C)(C)C)cc2)sc2cc(C)cc(C)c21. The second-order valence-electron chi connectivity index (χ2n) is 8.41. The molecule has 0 saturated carbocycles. The highest BCUT2D eigenvalue weighted by Crippen LogP contribution is 2.24. The highest BCUT2D eigenvalue weighted by molar-refractivity contribution is 7.16. The van der Waals surface area contributed by atoms with Crippen LogP contribution in [0.25, 0.3) is 10.2 Å². The second kappa shape index (κ2) is 8.64. The van der Waals surface area contributed by atoms with Crippen LogP contribution < -0.4 is 4.80 Å². The van der Waals surface area contributed by atoms with Crippen LogP contribution in [0.1, 0.15) is 54.7 Å². The first-order valence-corrected chi connectivity index (χ1v) is 10.9. The number of hydrogen-bond acceptors (Lipinski definition) is 3. The maximum Gasteiger partial charge on any atom is 0.279 e. The van der Waals surface area contributed by atoms with E-state index in [-0.39, 0.29) is 11.3 Å². The van der Waals surface area contributed by atoms with Gasteiger partial charge in [-0.2, -0.15) is 4.99 Å². The van der Waals surface area contributed by atoms with Crippen molar-refractivity contribution in [3.63, 3.8) is 0 Å². The van der Waals surface area contributed by atoms with Crippen molar-refractivity contribution in [3.8, 4) is 0 Å². The fourth-order valence-electron chi connectivity index (χ4n) is 3.45. The first-order valence-electron chi connectivity index (χ1n) is 10.1. The van der Waals surface area contributed by atoms with Gasteiger partial charge in [-0.05, 0) is 61.1 Å². The number of aromatic nitrogens is 1. The van der Waals surface area contributed by atoms with Crippen LogP contribution in [0.15, 0.2) is 41.4 Å². The van der Waals surface area contributed by atoms with Crippen molar-refractivity contribution in [3.05, 3.63) is 63.5 Å². The Bertz CT molecular complexity index is 1080. The van der Waals surface area contributed by atoms with Crippen LogP contribution in [0.4, 0.5) is 0 Å². The maximum absolute atomic E-state index is 12.9. The first kappa shape index (κ1) is 21.5. The Balaban J connectivity index is 2.05. The van der Waals surface area contributed by atoms with Crippen LogP contribution in [0.5, 0.6) is 0 Å². The molecule has 0 spiro atoms. The van der Waals surface area contributed by atoms with E-state index in [2.05, 4.69) is 56.3 Å². The van der Waals surface area contributed by atoms with E-state index >= 15 is 0 Å². The molecule has 3 aromatic rings. The predicted octanol–water partition coefficient (Wildman–Crippen LogP) is 5.39. The fourth-order valence-corrected chi connectivity index (χ4v) is 4.68. The molecule has 1 aromatic heterocycles. The zero-order valence-electron chi connectivity index (χ0n) is 18.2. The molecule has 1 heterocycles. The van der Waals surface area contributed by atoms with Crippen molar-refractivity contribution in [2.75, 3.05) is 13.2 Å². The molecule has 0 aliphatic rings. The molecule has 0 atom stereocenters. The van der Waals surface area contributed by atoms with Crippen LogP contribution in [0.2, 0.25) is 0 Å². The molecule has 5 heteroatoms. The van der Waals surface area contributed by atoms with Gasteiger partial charge in [0.05, 0.1) is 16.8 Å². The third kappa shape index (κ3) is 4.85. The molecular weight excluding hydrogens is 380 g/mol. The normalized spacial score (nSPS) is 12.7. The van der Waals surface area contributed by atoms with Crippen LogP contribution in [0, 0.1) is 13.8 Å². The zero-order valence-corrected chi connectivity index (χ0v) is 19.0. The van der Waals surface area contributed by atoms with E-state index in [1.165, 1.54) is 16.7 Å². The molecule has 3 rings (SSSR count). The number of aryl methyl sites for hydroxylation is 2. The largest absolute Gasteiger partial charge is 0.380 e. The summed E-state index contributed by atoms with van der Waals surface area (Å²) in [4.78, 5) is 18.1. The van der Waals surface area contributed by atoms with Gasteiger partial charge in [-0.1, -0.05) is 50.3 Å². The number of hydrogen-bond donors (Lipinski definition) is 0. The van der Waals surface area contributed by atoms with Gasteiger partial charge in [-0.25, -0.2) is 0 Å². The quantitative estimate of drug-likeness (QED) is 0.529. The van der Waals surface area contributed by atoms with E-state index in [4.69, 9.17) is 4.74 Å². The van der Waals surface area contributed by atoms with Crippen LogP contribution in [-0.2, 0) is 16.7 Å². The van der Waals surface area contributed by atoms with Crippen molar-refractivity contribution >= 4 is 27.5 Å². The minimum absolute atomic E-state index is 0.0574. The second-order valence-corrected chi connectivity index (χ2v) is 9.42. The van der Waals surface area contributed by atoms with Gasteiger partial charge in [0.1, 0.15) is 0 Å². The van der Waals surface area contributed by atoms with Gasteiger partial charge >= 0.3 is 0 Å². The molecule has 0 aliphatic carbocycles. The first-order chi connectivity index (χ1) is 13.7. The summed E-state index contributed by atoms with van der Waals surface area (Å²) in [6.07, 6.45) is 0. The monoisotopic (exact) mass is 410 g/mol. The molecule has 0 bridgehead atoms. The Kier molecular flexibility index (Phi) is 6.39. The highest BCUT2D eigenvalue weighted by Gasteiger charge is 2.15. The van der Waals surface area contributed by atoms with Crippen LogP contribution in [0.3, 0.4) is 0 Å². The zero-order chi connectivity index (χ0) is 21.2. The minimum atomic E-state index is -0.212. The number of carbonyl (C=O) groups is 1. The summed E-state index contributed by atoms with van der Waals surface area (Å²) < 4.78 is 8.83. The lowest BCUT2D eigenvalue weighted by molar-refractivity contribution is 0.0996. The summed E-state index contributed by atoms with van der Waals surface area (Å²) in [5.41, 5.74) is 5.41. The fraction of sp³-hybridized carbons (Fsp3) is 0.417. The molecule has 0 radical (unpaired) electrons. The summed E-state index contributed by atoms with van der Waals surface area (Å²) in [5.74, 6) is -0.212. The number of carbonyl (C=O) groups excluding carboxylic acids is 1. The van der Waals surface area contributed by atoms with E-state index in [9.17, 15) is 4.79 Å². The summed E-state index contributed by atoms with van der Waals surface area (Å²) in [7, 11) is 0. The summed E-state index contributed by atoms with van der Waals surface area (Å²) in [6, 6.07) is 12.1. The molecule has 0 fully saturated rings. The number of nitrogens with zero attached hydrogens (tertiary/aromatic N) is 2. The average Bonchev–Trinajstić information content (AvgIpc) is 2.98.